The maximum absolute atomic E-state index is 12.6. The summed E-state index contributed by atoms with van der Waals surface area (Å²) in [6.45, 7) is -0.922. The van der Waals surface area contributed by atoms with Crippen molar-refractivity contribution in [2.24, 2.45) is 0 Å². The van der Waals surface area contributed by atoms with Gasteiger partial charge in [-0.3, -0.25) is 10.1 Å². The Balaban J connectivity index is 3.58. The lowest BCUT2D eigenvalue weighted by molar-refractivity contribution is -0.388. The average molecular weight is 300 g/mol. The molecule has 1 aromatic rings. The second kappa shape index (κ2) is 4.38. The number of halogens is 4. The van der Waals surface area contributed by atoms with E-state index in [0.29, 0.717) is 0 Å². The van der Waals surface area contributed by atoms with Crippen molar-refractivity contribution in [3.05, 3.63) is 37.8 Å². The molecule has 0 unspecified atom stereocenters. The van der Waals surface area contributed by atoms with Crippen LogP contribution >= 0.6 is 15.9 Å². The molecule has 1 aromatic carbocycles. The van der Waals surface area contributed by atoms with E-state index in [9.17, 15) is 23.3 Å². The maximum atomic E-state index is 12.6. The third-order valence-electron chi connectivity index (χ3n) is 1.81. The molecule has 1 N–H and O–H groups in total. The zero-order valence-corrected chi connectivity index (χ0v) is 9.17. The Labute approximate surface area is 96.0 Å². The molecule has 0 aliphatic rings. The monoisotopic (exact) mass is 299 g/mol. The van der Waals surface area contributed by atoms with Crippen LogP contribution in [0.2, 0.25) is 0 Å². The first-order valence-electron chi connectivity index (χ1n) is 3.92. The molecule has 0 heterocycles. The lowest BCUT2D eigenvalue weighted by Gasteiger charge is -2.11. The van der Waals surface area contributed by atoms with Crippen molar-refractivity contribution < 1.29 is 23.2 Å². The number of aliphatic hydroxyl groups excluding tert-OH is 1. The molecule has 0 radical (unpaired) electrons. The van der Waals surface area contributed by atoms with E-state index in [-0.39, 0.29) is 4.47 Å². The summed E-state index contributed by atoms with van der Waals surface area (Å²) in [4.78, 5) is 9.36. The Morgan fingerprint density at radius 1 is 1.44 bits per heavy atom. The van der Waals surface area contributed by atoms with E-state index in [1.807, 2.05) is 0 Å². The van der Waals surface area contributed by atoms with Crippen LogP contribution < -0.4 is 0 Å². The average Bonchev–Trinajstić information content (AvgIpc) is 2.14. The molecule has 0 amide bonds. The van der Waals surface area contributed by atoms with Gasteiger partial charge >= 0.3 is 6.18 Å². The number of nitrogens with zero attached hydrogens (tertiary/aromatic N) is 1. The van der Waals surface area contributed by atoms with E-state index >= 15 is 0 Å². The van der Waals surface area contributed by atoms with Crippen LogP contribution in [0, 0.1) is 10.1 Å². The van der Waals surface area contributed by atoms with Crippen LogP contribution in [0.25, 0.3) is 0 Å². The smallest absolute Gasteiger partial charge is 0.392 e. The fourth-order valence-electron chi connectivity index (χ4n) is 1.24. The highest BCUT2D eigenvalue weighted by atomic mass is 79.9. The molecule has 0 bridgehead atoms. The molecule has 88 valence electrons. The Bertz CT molecular complexity index is 433. The van der Waals surface area contributed by atoms with Crippen molar-refractivity contribution >= 4 is 21.6 Å². The largest absolute Gasteiger partial charge is 0.423 e. The normalized spacial score (nSPS) is 11.6. The lowest BCUT2D eigenvalue weighted by atomic mass is 10.1. The molecular weight excluding hydrogens is 295 g/mol. The minimum absolute atomic E-state index is 0.108. The summed E-state index contributed by atoms with van der Waals surface area (Å²) in [5.41, 5.74) is -3.03. The van der Waals surface area contributed by atoms with Crippen LogP contribution in [0.3, 0.4) is 0 Å². The van der Waals surface area contributed by atoms with Crippen molar-refractivity contribution in [1.29, 1.82) is 0 Å². The van der Waals surface area contributed by atoms with Gasteiger partial charge in [0.2, 0.25) is 0 Å². The second-order valence-corrected chi connectivity index (χ2v) is 3.79. The summed E-state index contributed by atoms with van der Waals surface area (Å²) < 4.78 is 37.8. The third kappa shape index (κ3) is 2.50. The van der Waals surface area contributed by atoms with Gasteiger partial charge in [-0.1, -0.05) is 15.9 Å². The summed E-state index contributed by atoms with van der Waals surface area (Å²) >= 11 is 2.84. The van der Waals surface area contributed by atoms with Gasteiger partial charge in [0.15, 0.2) is 0 Å². The van der Waals surface area contributed by atoms with E-state index in [2.05, 4.69) is 15.9 Å². The van der Waals surface area contributed by atoms with Gasteiger partial charge in [0.25, 0.3) is 5.69 Å². The summed E-state index contributed by atoms with van der Waals surface area (Å²) in [5, 5.41) is 19.3. The Morgan fingerprint density at radius 2 is 2.00 bits per heavy atom. The van der Waals surface area contributed by atoms with Crippen molar-refractivity contribution in [2.45, 2.75) is 12.8 Å². The third-order valence-corrected chi connectivity index (χ3v) is 2.27. The molecule has 0 aromatic heterocycles. The van der Waals surface area contributed by atoms with Gasteiger partial charge in [-0.2, -0.15) is 13.2 Å². The lowest BCUT2D eigenvalue weighted by Crippen LogP contribution is -2.12. The van der Waals surface area contributed by atoms with Gasteiger partial charge in [0.05, 0.1) is 11.5 Å². The van der Waals surface area contributed by atoms with Crippen molar-refractivity contribution in [2.75, 3.05) is 0 Å². The Hall–Kier alpha value is -1.15. The number of alkyl halides is 3. The molecule has 0 saturated heterocycles. The fraction of sp³-hybridized carbons (Fsp3) is 0.250. The van der Waals surface area contributed by atoms with E-state index in [1.54, 1.807) is 0 Å². The number of hydrogen-bond donors (Lipinski definition) is 1. The zero-order chi connectivity index (χ0) is 12.5. The van der Waals surface area contributed by atoms with Crippen LogP contribution in [0.15, 0.2) is 16.6 Å². The Kier molecular flexibility index (Phi) is 3.54. The molecule has 0 saturated carbocycles. The highest BCUT2D eigenvalue weighted by Gasteiger charge is 2.40. The van der Waals surface area contributed by atoms with E-state index < -0.39 is 34.5 Å². The molecular formula is C8H5BrF3NO3. The first-order valence-corrected chi connectivity index (χ1v) is 4.71. The standard InChI is InChI=1S/C8H5BrF3NO3/c9-5-1-4(3-14)7(8(10,11)12)6(2-5)13(15)16/h1-2,14H,3H2. The van der Waals surface area contributed by atoms with Gasteiger partial charge in [-0.25, -0.2) is 0 Å². The minimum atomic E-state index is -4.87. The quantitative estimate of drug-likeness (QED) is 0.674. The molecule has 8 heteroatoms. The van der Waals surface area contributed by atoms with E-state index in [1.165, 1.54) is 0 Å². The molecule has 0 spiro atoms. The number of nitro benzene ring substituents is 1. The van der Waals surface area contributed by atoms with Crippen molar-refractivity contribution in [3.63, 3.8) is 0 Å². The van der Waals surface area contributed by atoms with Gasteiger partial charge in [0, 0.05) is 10.5 Å². The molecule has 0 aliphatic heterocycles. The topological polar surface area (TPSA) is 63.4 Å². The summed E-state index contributed by atoms with van der Waals surface area (Å²) in [5.74, 6) is 0. The molecule has 0 aliphatic carbocycles. The highest BCUT2D eigenvalue weighted by Crippen LogP contribution is 2.40. The van der Waals surface area contributed by atoms with Gasteiger partial charge in [-0.15, -0.1) is 0 Å². The van der Waals surface area contributed by atoms with Crippen LogP contribution in [-0.4, -0.2) is 10.0 Å². The van der Waals surface area contributed by atoms with Crippen LogP contribution in [0.1, 0.15) is 11.1 Å². The molecule has 4 nitrogen and oxygen atoms in total. The maximum Gasteiger partial charge on any atom is 0.423 e. The van der Waals surface area contributed by atoms with Crippen LogP contribution in [0.5, 0.6) is 0 Å². The number of benzene rings is 1. The molecule has 0 fully saturated rings. The van der Waals surface area contributed by atoms with Crippen LogP contribution in [-0.2, 0) is 12.8 Å². The fourth-order valence-corrected chi connectivity index (χ4v) is 1.74. The summed E-state index contributed by atoms with van der Waals surface area (Å²) in [7, 11) is 0. The highest BCUT2D eigenvalue weighted by molar-refractivity contribution is 9.10. The number of hydrogen-bond acceptors (Lipinski definition) is 3. The SMILES string of the molecule is O=[N+]([O-])c1cc(Br)cc(CO)c1C(F)(F)F. The van der Waals surface area contributed by atoms with Gasteiger partial charge in [0.1, 0.15) is 5.56 Å². The molecule has 16 heavy (non-hydrogen) atoms. The first kappa shape index (κ1) is 12.9. The van der Waals surface area contributed by atoms with Gasteiger partial charge in [-0.05, 0) is 11.6 Å². The summed E-state index contributed by atoms with van der Waals surface area (Å²) in [6, 6.07) is 1.75. The van der Waals surface area contributed by atoms with Crippen LogP contribution in [0.4, 0.5) is 18.9 Å². The minimum Gasteiger partial charge on any atom is -0.392 e. The summed E-state index contributed by atoms with van der Waals surface area (Å²) in [6.07, 6.45) is -4.87. The predicted octanol–water partition coefficient (Wildman–Crippen LogP) is 2.87. The molecule has 0 atom stereocenters. The van der Waals surface area contributed by atoms with E-state index in [4.69, 9.17) is 5.11 Å². The Morgan fingerprint density at radius 3 is 2.38 bits per heavy atom. The molecule has 1 rings (SSSR count). The zero-order valence-electron chi connectivity index (χ0n) is 7.58. The van der Waals surface area contributed by atoms with E-state index in [0.717, 1.165) is 12.1 Å². The number of aliphatic hydroxyl groups is 1. The second-order valence-electron chi connectivity index (χ2n) is 2.87. The van der Waals surface area contributed by atoms with Crippen molar-refractivity contribution in [1.82, 2.24) is 0 Å². The van der Waals surface area contributed by atoms with Crippen molar-refractivity contribution in [3.8, 4) is 0 Å². The van der Waals surface area contributed by atoms with Gasteiger partial charge < -0.3 is 5.11 Å². The number of rotatable bonds is 2. The first-order chi connectivity index (χ1) is 7.27. The predicted molar refractivity (Wildman–Crippen MR) is 51.7 cm³/mol. The number of nitro groups is 1.